The van der Waals surface area contributed by atoms with E-state index in [0.717, 1.165) is 0 Å². The van der Waals surface area contributed by atoms with Gasteiger partial charge in [-0.15, -0.1) is 0 Å². The fourth-order valence-electron chi connectivity index (χ4n) is 3.18. The average Bonchev–Trinajstić information content (AvgIpc) is 3.02. The standard InChI is InChI=1S/C22H14Cl2N2O4/c23-17-12-11-16(13-18(17)24)30-22(29)26-20(27)19(14-7-3-1-4-8-14)25(21(26)28)15-9-5-2-6-10-15/h1-13,19H. The van der Waals surface area contributed by atoms with Crippen LogP contribution in [0.15, 0.2) is 78.9 Å². The molecule has 3 aromatic carbocycles. The molecule has 150 valence electrons. The van der Waals surface area contributed by atoms with Crippen LogP contribution < -0.4 is 9.64 Å². The number of amides is 4. The second kappa shape index (κ2) is 8.18. The Hall–Kier alpha value is -3.35. The van der Waals surface area contributed by atoms with Gasteiger partial charge in [0.2, 0.25) is 0 Å². The van der Waals surface area contributed by atoms with Crippen molar-refractivity contribution < 1.29 is 19.1 Å². The van der Waals surface area contributed by atoms with Gasteiger partial charge < -0.3 is 4.74 Å². The number of halogens is 2. The highest BCUT2D eigenvalue weighted by atomic mass is 35.5. The summed E-state index contributed by atoms with van der Waals surface area (Å²) >= 11 is 11.8. The van der Waals surface area contributed by atoms with Crippen LogP contribution in [-0.4, -0.2) is 22.9 Å². The van der Waals surface area contributed by atoms with Gasteiger partial charge in [-0.05, 0) is 29.8 Å². The molecule has 0 N–H and O–H groups in total. The minimum Gasteiger partial charge on any atom is -0.409 e. The SMILES string of the molecule is O=C(Oc1ccc(Cl)c(Cl)c1)N1C(=O)C(c2ccccc2)N(c2ccccc2)C1=O. The maximum Gasteiger partial charge on any atom is 0.430 e. The molecule has 1 saturated heterocycles. The van der Waals surface area contributed by atoms with Crippen molar-refractivity contribution in [2.24, 2.45) is 0 Å². The number of imide groups is 3. The smallest absolute Gasteiger partial charge is 0.409 e. The van der Waals surface area contributed by atoms with E-state index >= 15 is 0 Å². The number of para-hydroxylation sites is 1. The Kier molecular flexibility index (Phi) is 5.44. The first kappa shape index (κ1) is 19.9. The Bertz CT molecular complexity index is 1060. The van der Waals surface area contributed by atoms with Crippen molar-refractivity contribution in [2.45, 2.75) is 6.04 Å². The molecule has 1 atom stereocenters. The van der Waals surface area contributed by atoms with Crippen LogP contribution in [0.25, 0.3) is 0 Å². The molecule has 6 nitrogen and oxygen atoms in total. The molecule has 8 heteroatoms. The molecule has 4 amide bonds. The molecule has 1 aliphatic rings. The third-order valence-electron chi connectivity index (χ3n) is 4.54. The monoisotopic (exact) mass is 440 g/mol. The predicted octanol–water partition coefficient (Wildman–Crippen LogP) is 5.70. The summed E-state index contributed by atoms with van der Waals surface area (Å²) in [6.07, 6.45) is -1.12. The lowest BCUT2D eigenvalue weighted by Crippen LogP contribution is -2.40. The first-order valence-electron chi connectivity index (χ1n) is 8.91. The highest BCUT2D eigenvalue weighted by Crippen LogP contribution is 2.36. The average molecular weight is 441 g/mol. The largest absolute Gasteiger partial charge is 0.430 e. The number of hydrogen-bond donors (Lipinski definition) is 0. The van der Waals surface area contributed by atoms with E-state index in [1.165, 1.54) is 23.1 Å². The van der Waals surface area contributed by atoms with Gasteiger partial charge in [-0.1, -0.05) is 71.7 Å². The van der Waals surface area contributed by atoms with E-state index in [0.29, 0.717) is 16.2 Å². The number of benzene rings is 3. The molecular formula is C22H14Cl2N2O4. The maximum atomic E-state index is 13.2. The van der Waals surface area contributed by atoms with Gasteiger partial charge in [0.25, 0.3) is 5.91 Å². The minimum absolute atomic E-state index is 0.0597. The summed E-state index contributed by atoms with van der Waals surface area (Å²) in [7, 11) is 0. The van der Waals surface area contributed by atoms with Gasteiger partial charge in [0.1, 0.15) is 11.8 Å². The number of nitrogens with zero attached hydrogens (tertiary/aromatic N) is 2. The number of anilines is 1. The van der Waals surface area contributed by atoms with Crippen LogP contribution in [-0.2, 0) is 4.79 Å². The molecule has 0 aliphatic carbocycles. The van der Waals surface area contributed by atoms with E-state index in [1.54, 1.807) is 60.7 Å². The number of urea groups is 1. The predicted molar refractivity (Wildman–Crippen MR) is 113 cm³/mol. The summed E-state index contributed by atoms with van der Waals surface area (Å²) < 4.78 is 5.22. The van der Waals surface area contributed by atoms with Crippen LogP contribution in [0.3, 0.4) is 0 Å². The molecule has 4 rings (SSSR count). The second-order valence-electron chi connectivity index (χ2n) is 6.42. The minimum atomic E-state index is -1.12. The number of carbonyl (C=O) groups is 3. The first-order valence-corrected chi connectivity index (χ1v) is 9.67. The first-order chi connectivity index (χ1) is 14.5. The zero-order chi connectivity index (χ0) is 21.3. The Labute approximate surface area is 182 Å². The van der Waals surface area contributed by atoms with Crippen LogP contribution in [0, 0.1) is 0 Å². The molecule has 1 aliphatic heterocycles. The second-order valence-corrected chi connectivity index (χ2v) is 7.23. The van der Waals surface area contributed by atoms with Gasteiger partial charge in [-0.2, -0.15) is 4.90 Å². The summed E-state index contributed by atoms with van der Waals surface area (Å²) in [5, 5.41) is 0.457. The molecule has 0 spiro atoms. The number of ether oxygens (including phenoxy) is 1. The van der Waals surface area contributed by atoms with Crippen LogP contribution in [0.2, 0.25) is 10.0 Å². The lowest BCUT2D eigenvalue weighted by molar-refractivity contribution is -0.125. The highest BCUT2D eigenvalue weighted by molar-refractivity contribution is 6.42. The fourth-order valence-corrected chi connectivity index (χ4v) is 3.46. The van der Waals surface area contributed by atoms with Crippen molar-refractivity contribution in [1.29, 1.82) is 0 Å². The highest BCUT2D eigenvalue weighted by Gasteiger charge is 2.50. The summed E-state index contributed by atoms with van der Waals surface area (Å²) in [4.78, 5) is 40.8. The van der Waals surface area contributed by atoms with Gasteiger partial charge in [-0.25, -0.2) is 9.59 Å². The summed E-state index contributed by atoms with van der Waals surface area (Å²) in [6.45, 7) is 0. The summed E-state index contributed by atoms with van der Waals surface area (Å²) in [6, 6.07) is 19.8. The van der Waals surface area contributed by atoms with Crippen LogP contribution >= 0.6 is 23.2 Å². The molecule has 0 radical (unpaired) electrons. The number of hydrogen-bond acceptors (Lipinski definition) is 4. The normalized spacial score (nSPS) is 16.1. The molecule has 0 saturated carbocycles. The quantitative estimate of drug-likeness (QED) is 0.489. The Morgan fingerprint density at radius 3 is 2.10 bits per heavy atom. The van der Waals surface area contributed by atoms with Gasteiger partial charge in [0.05, 0.1) is 10.0 Å². The Balaban J connectivity index is 1.70. The lowest BCUT2D eigenvalue weighted by Gasteiger charge is -2.21. The van der Waals surface area contributed by atoms with E-state index < -0.39 is 24.1 Å². The third kappa shape index (κ3) is 3.63. The van der Waals surface area contributed by atoms with Crippen molar-refractivity contribution in [1.82, 2.24) is 4.90 Å². The molecule has 3 aromatic rings. The zero-order valence-corrected chi connectivity index (χ0v) is 16.9. The van der Waals surface area contributed by atoms with E-state index in [2.05, 4.69) is 0 Å². The van der Waals surface area contributed by atoms with Crippen molar-refractivity contribution in [2.75, 3.05) is 4.90 Å². The van der Waals surface area contributed by atoms with E-state index in [-0.39, 0.29) is 15.8 Å². The topological polar surface area (TPSA) is 66.9 Å². The van der Waals surface area contributed by atoms with Gasteiger partial charge in [0.15, 0.2) is 0 Å². The zero-order valence-electron chi connectivity index (χ0n) is 15.4. The van der Waals surface area contributed by atoms with Gasteiger partial charge in [0, 0.05) is 11.8 Å². The van der Waals surface area contributed by atoms with Crippen LogP contribution in [0.4, 0.5) is 15.3 Å². The van der Waals surface area contributed by atoms with E-state index in [9.17, 15) is 14.4 Å². The number of rotatable bonds is 3. The molecule has 1 heterocycles. The maximum absolute atomic E-state index is 13.2. The van der Waals surface area contributed by atoms with Crippen LogP contribution in [0.5, 0.6) is 5.75 Å². The molecule has 0 bridgehead atoms. The van der Waals surface area contributed by atoms with Crippen molar-refractivity contribution in [3.05, 3.63) is 94.5 Å². The Morgan fingerprint density at radius 2 is 1.47 bits per heavy atom. The summed E-state index contributed by atoms with van der Waals surface area (Å²) in [5.74, 6) is -0.649. The van der Waals surface area contributed by atoms with Gasteiger partial charge in [-0.3, -0.25) is 9.69 Å². The van der Waals surface area contributed by atoms with Gasteiger partial charge >= 0.3 is 12.1 Å². The van der Waals surface area contributed by atoms with E-state index in [4.69, 9.17) is 27.9 Å². The molecule has 0 aromatic heterocycles. The molecule has 1 unspecified atom stereocenters. The van der Waals surface area contributed by atoms with Crippen molar-refractivity contribution >= 4 is 46.9 Å². The van der Waals surface area contributed by atoms with Crippen molar-refractivity contribution in [3.8, 4) is 5.75 Å². The Morgan fingerprint density at radius 1 is 0.833 bits per heavy atom. The number of carbonyl (C=O) groups excluding carboxylic acids is 3. The molecule has 30 heavy (non-hydrogen) atoms. The molecular weight excluding hydrogens is 427 g/mol. The third-order valence-corrected chi connectivity index (χ3v) is 5.28. The van der Waals surface area contributed by atoms with Crippen LogP contribution in [0.1, 0.15) is 11.6 Å². The molecule has 1 fully saturated rings. The van der Waals surface area contributed by atoms with E-state index in [1.807, 2.05) is 0 Å². The fraction of sp³-hybridized carbons (Fsp3) is 0.0455. The summed E-state index contributed by atoms with van der Waals surface area (Å²) in [5.41, 5.74) is 1.05. The lowest BCUT2D eigenvalue weighted by atomic mass is 10.1. The van der Waals surface area contributed by atoms with Crippen molar-refractivity contribution in [3.63, 3.8) is 0 Å².